The molecule has 28 heavy (non-hydrogen) atoms. The van der Waals surface area contributed by atoms with E-state index in [1.54, 1.807) is 12.0 Å². The minimum absolute atomic E-state index is 0.0155. The molecule has 2 aromatic carbocycles. The molecule has 0 spiro atoms. The smallest absolute Gasteiger partial charge is 0.248 e. The number of hydrogen-bond donors (Lipinski definition) is 0. The molecule has 0 N–H and O–H groups in total. The van der Waals surface area contributed by atoms with Gasteiger partial charge in [0.25, 0.3) is 0 Å². The summed E-state index contributed by atoms with van der Waals surface area (Å²) in [5.41, 5.74) is 2.79. The number of nitrogens with zero attached hydrogens (tertiary/aromatic N) is 2. The van der Waals surface area contributed by atoms with E-state index < -0.39 is 0 Å². The van der Waals surface area contributed by atoms with E-state index in [1.165, 1.54) is 7.11 Å². The van der Waals surface area contributed by atoms with E-state index in [0.717, 1.165) is 22.6 Å². The summed E-state index contributed by atoms with van der Waals surface area (Å²) in [4.78, 5) is 19.9. The van der Waals surface area contributed by atoms with Crippen LogP contribution in [-0.2, 0) is 20.9 Å². The van der Waals surface area contributed by atoms with Gasteiger partial charge in [-0.3, -0.25) is 4.79 Å². The van der Waals surface area contributed by atoms with Gasteiger partial charge < -0.3 is 19.2 Å². The molecule has 7 heteroatoms. The second-order valence-corrected chi connectivity index (χ2v) is 6.97. The lowest BCUT2D eigenvalue weighted by molar-refractivity contribution is -0.137. The van der Waals surface area contributed by atoms with E-state index in [4.69, 9.17) is 25.9 Å². The highest BCUT2D eigenvalue weighted by atomic mass is 35.5. The Balaban J connectivity index is 1.66. The third kappa shape index (κ3) is 5.24. The average Bonchev–Trinajstić information content (AvgIpc) is 3.17. The van der Waals surface area contributed by atoms with E-state index in [1.807, 2.05) is 48.5 Å². The number of oxime groups is 1. The number of benzene rings is 2. The number of rotatable bonds is 8. The molecule has 0 aliphatic carbocycles. The molecule has 0 saturated carbocycles. The third-order valence-corrected chi connectivity index (χ3v) is 4.71. The van der Waals surface area contributed by atoms with Crippen molar-refractivity contribution in [2.24, 2.45) is 5.16 Å². The number of amides is 1. The first-order chi connectivity index (χ1) is 13.6. The van der Waals surface area contributed by atoms with E-state index in [-0.39, 0.29) is 18.6 Å². The maximum absolute atomic E-state index is 12.5. The first-order valence-corrected chi connectivity index (χ1v) is 9.35. The van der Waals surface area contributed by atoms with Crippen molar-refractivity contribution in [2.45, 2.75) is 19.1 Å². The summed E-state index contributed by atoms with van der Waals surface area (Å²) in [5.74, 6) is 0.649. The zero-order valence-electron chi connectivity index (χ0n) is 15.9. The van der Waals surface area contributed by atoms with E-state index in [0.29, 0.717) is 24.5 Å². The molecule has 0 bridgehead atoms. The topological polar surface area (TPSA) is 60.4 Å². The van der Waals surface area contributed by atoms with E-state index in [9.17, 15) is 4.79 Å². The number of carbonyl (C=O) groups excluding carboxylic acids is 1. The fraction of sp³-hybridized carbons (Fsp3) is 0.333. The maximum Gasteiger partial charge on any atom is 0.248 e. The third-order valence-electron chi connectivity index (χ3n) is 4.46. The molecule has 0 fully saturated rings. The highest BCUT2D eigenvalue weighted by molar-refractivity contribution is 6.30. The highest BCUT2D eigenvalue weighted by Gasteiger charge is 2.27. The van der Waals surface area contributed by atoms with Crippen LogP contribution >= 0.6 is 11.6 Å². The number of methoxy groups -OCH3 is 2. The predicted molar refractivity (Wildman–Crippen MR) is 108 cm³/mol. The van der Waals surface area contributed by atoms with Gasteiger partial charge in [-0.15, -0.1) is 0 Å². The van der Waals surface area contributed by atoms with Crippen molar-refractivity contribution in [3.05, 3.63) is 64.7 Å². The van der Waals surface area contributed by atoms with Gasteiger partial charge in [0.1, 0.15) is 12.4 Å². The monoisotopic (exact) mass is 402 g/mol. The Morgan fingerprint density at radius 1 is 1.25 bits per heavy atom. The summed E-state index contributed by atoms with van der Waals surface area (Å²) >= 11 is 5.94. The average molecular weight is 403 g/mol. The second kappa shape index (κ2) is 9.57. The molecule has 1 unspecified atom stereocenters. The lowest BCUT2D eigenvalue weighted by Gasteiger charge is -2.25. The van der Waals surface area contributed by atoms with Crippen LogP contribution in [-0.4, -0.2) is 50.0 Å². The fourth-order valence-electron chi connectivity index (χ4n) is 3.05. The number of halogens is 1. The van der Waals surface area contributed by atoms with Gasteiger partial charge >= 0.3 is 0 Å². The Morgan fingerprint density at radius 2 is 2.04 bits per heavy atom. The molecule has 0 aromatic heterocycles. The first-order valence-electron chi connectivity index (χ1n) is 8.97. The molecule has 1 atom stereocenters. The van der Waals surface area contributed by atoms with Gasteiger partial charge in [-0.1, -0.05) is 41.0 Å². The lowest BCUT2D eigenvalue weighted by atomic mass is 10.0. The molecular weight excluding hydrogens is 380 g/mol. The lowest BCUT2D eigenvalue weighted by Crippen LogP contribution is -2.39. The minimum atomic E-state index is -0.211. The summed E-state index contributed by atoms with van der Waals surface area (Å²) < 4.78 is 10.3. The Hall–Kier alpha value is -2.57. The van der Waals surface area contributed by atoms with Gasteiger partial charge in [-0.25, -0.2) is 0 Å². The Kier molecular flexibility index (Phi) is 6.90. The molecule has 0 saturated heterocycles. The molecule has 3 rings (SSSR count). The molecule has 1 aliphatic heterocycles. The maximum atomic E-state index is 12.5. The molecule has 6 nitrogen and oxygen atoms in total. The van der Waals surface area contributed by atoms with E-state index in [2.05, 4.69) is 5.16 Å². The zero-order valence-corrected chi connectivity index (χ0v) is 16.7. The van der Waals surface area contributed by atoms with Crippen LogP contribution in [0, 0.1) is 0 Å². The van der Waals surface area contributed by atoms with Crippen LogP contribution < -0.4 is 4.74 Å². The van der Waals surface area contributed by atoms with Gasteiger partial charge in [0.2, 0.25) is 5.91 Å². The molecule has 0 radical (unpaired) electrons. The fourth-order valence-corrected chi connectivity index (χ4v) is 3.17. The normalized spacial score (nSPS) is 15.7. The predicted octanol–water partition coefficient (Wildman–Crippen LogP) is 3.52. The van der Waals surface area contributed by atoms with Crippen molar-refractivity contribution in [1.29, 1.82) is 0 Å². The summed E-state index contributed by atoms with van der Waals surface area (Å²) in [7, 11) is 3.13. The quantitative estimate of drug-likeness (QED) is 0.677. The van der Waals surface area contributed by atoms with Crippen molar-refractivity contribution in [3.63, 3.8) is 0 Å². The second-order valence-electron chi connectivity index (χ2n) is 6.54. The van der Waals surface area contributed by atoms with Crippen LogP contribution in [0.3, 0.4) is 0 Å². The summed E-state index contributed by atoms with van der Waals surface area (Å²) in [5, 5.41) is 4.87. The van der Waals surface area contributed by atoms with Crippen LogP contribution in [0.4, 0.5) is 0 Å². The molecular formula is C21H23ClN2O4. The van der Waals surface area contributed by atoms with Crippen LogP contribution in [0.1, 0.15) is 17.5 Å². The van der Waals surface area contributed by atoms with Crippen molar-refractivity contribution >= 4 is 23.2 Å². The van der Waals surface area contributed by atoms with Crippen molar-refractivity contribution in [3.8, 4) is 5.75 Å². The van der Waals surface area contributed by atoms with Gasteiger partial charge in [0.05, 0.1) is 19.4 Å². The Bertz CT molecular complexity index is 839. The van der Waals surface area contributed by atoms with Crippen LogP contribution in [0.2, 0.25) is 5.02 Å². The van der Waals surface area contributed by atoms with Crippen molar-refractivity contribution in [1.82, 2.24) is 4.90 Å². The summed E-state index contributed by atoms with van der Waals surface area (Å²) in [6.07, 6.45) is 0.411. The largest absolute Gasteiger partial charge is 0.497 e. The summed E-state index contributed by atoms with van der Waals surface area (Å²) in [6, 6.07) is 15.1. The number of hydrogen-bond acceptors (Lipinski definition) is 5. The molecule has 2 aromatic rings. The molecule has 148 valence electrons. The highest BCUT2D eigenvalue weighted by Crippen LogP contribution is 2.21. The Morgan fingerprint density at radius 3 is 2.75 bits per heavy atom. The van der Waals surface area contributed by atoms with Crippen molar-refractivity contribution < 1.29 is 19.1 Å². The van der Waals surface area contributed by atoms with Gasteiger partial charge in [0, 0.05) is 25.1 Å². The molecule has 1 heterocycles. The van der Waals surface area contributed by atoms with Crippen LogP contribution in [0.5, 0.6) is 5.75 Å². The summed E-state index contributed by atoms with van der Waals surface area (Å²) in [6.45, 7) is 0.872. The Labute approximate surface area is 169 Å². The first kappa shape index (κ1) is 20.2. The van der Waals surface area contributed by atoms with Crippen LogP contribution in [0.15, 0.2) is 53.7 Å². The standard InChI is InChI=1S/C21H23ClN2O4/c1-26-14-21(25)24(12-15-4-3-5-18(10-15)27-2)13-19-11-20(23-28-19)16-6-8-17(22)9-7-16/h3-10,19H,11-14H2,1-2H3. The number of ether oxygens (including phenoxy) is 2. The van der Waals surface area contributed by atoms with Gasteiger partial charge in [0.15, 0.2) is 6.10 Å². The van der Waals surface area contributed by atoms with Crippen molar-refractivity contribution in [2.75, 3.05) is 27.4 Å². The van der Waals surface area contributed by atoms with Crippen LogP contribution in [0.25, 0.3) is 0 Å². The zero-order chi connectivity index (χ0) is 19.9. The van der Waals surface area contributed by atoms with Gasteiger partial charge in [-0.2, -0.15) is 0 Å². The minimum Gasteiger partial charge on any atom is -0.497 e. The molecule has 1 amide bonds. The molecule has 1 aliphatic rings. The SMILES string of the molecule is COCC(=O)N(Cc1cccc(OC)c1)CC1CC(c2ccc(Cl)cc2)=NO1. The van der Waals surface area contributed by atoms with Gasteiger partial charge in [-0.05, 0) is 35.4 Å². The van der Waals surface area contributed by atoms with E-state index >= 15 is 0 Å². The number of carbonyl (C=O) groups is 1.